The lowest BCUT2D eigenvalue weighted by atomic mass is 10.0. The van der Waals surface area contributed by atoms with Gasteiger partial charge in [-0.1, -0.05) is 18.7 Å². The number of nitrogens with one attached hydrogen (secondary N) is 1. The van der Waals surface area contributed by atoms with Crippen LogP contribution in [0.2, 0.25) is 0 Å². The lowest BCUT2D eigenvalue weighted by Crippen LogP contribution is -2.40. The second-order valence-corrected chi connectivity index (χ2v) is 8.03. The van der Waals surface area contributed by atoms with Gasteiger partial charge in [-0.15, -0.1) is 0 Å². The number of aromatic nitrogens is 2. The first kappa shape index (κ1) is 22.4. The summed E-state index contributed by atoms with van der Waals surface area (Å²) < 4.78 is 6.97. The molecule has 3 aromatic rings. The number of benzene rings is 1. The zero-order valence-corrected chi connectivity index (χ0v) is 18.5. The zero-order valence-electron chi connectivity index (χ0n) is 18.5. The third-order valence-corrected chi connectivity index (χ3v) is 5.59. The van der Waals surface area contributed by atoms with E-state index in [2.05, 4.69) is 27.8 Å². The topological polar surface area (TPSA) is 100 Å². The molecule has 0 bridgehead atoms. The van der Waals surface area contributed by atoms with E-state index in [9.17, 15) is 9.59 Å². The highest BCUT2D eigenvalue weighted by Gasteiger charge is 2.18. The van der Waals surface area contributed by atoms with Gasteiger partial charge < -0.3 is 10.1 Å². The van der Waals surface area contributed by atoms with E-state index in [-0.39, 0.29) is 11.1 Å². The van der Waals surface area contributed by atoms with Crippen LogP contribution < -0.4 is 10.9 Å². The first-order valence-corrected chi connectivity index (χ1v) is 10.8. The second kappa shape index (κ2) is 9.77. The van der Waals surface area contributed by atoms with Gasteiger partial charge in [0.05, 0.1) is 24.8 Å². The van der Waals surface area contributed by atoms with E-state index in [1.165, 1.54) is 0 Å². The molecule has 1 amide bonds. The summed E-state index contributed by atoms with van der Waals surface area (Å²) in [6.45, 7) is 9.39. The lowest BCUT2D eigenvalue weighted by molar-refractivity contribution is 0.0364. The van der Waals surface area contributed by atoms with Crippen molar-refractivity contribution >= 4 is 16.9 Å². The monoisotopic (exact) mass is 443 g/mol. The predicted octanol–water partition coefficient (Wildman–Crippen LogP) is 2.53. The minimum Gasteiger partial charge on any atom is -0.379 e. The number of hydrogen-bond donors (Lipinski definition) is 1. The number of hydrogen-bond acceptors (Lipinski definition) is 6. The second-order valence-electron chi connectivity index (χ2n) is 8.03. The zero-order chi connectivity index (χ0) is 23.4. The molecule has 0 atom stereocenters. The van der Waals surface area contributed by atoms with Gasteiger partial charge in [-0.3, -0.25) is 19.1 Å². The number of pyridine rings is 2. The predicted molar refractivity (Wildman–Crippen MR) is 126 cm³/mol. The van der Waals surface area contributed by atoms with Gasteiger partial charge in [0.15, 0.2) is 0 Å². The molecule has 8 nitrogen and oxygen atoms in total. The number of nitriles is 1. The van der Waals surface area contributed by atoms with E-state index in [0.717, 1.165) is 24.2 Å². The van der Waals surface area contributed by atoms with Crippen molar-refractivity contribution in [3.8, 4) is 17.2 Å². The van der Waals surface area contributed by atoms with Crippen LogP contribution in [0.15, 0.2) is 59.7 Å². The molecule has 1 aromatic carbocycles. The summed E-state index contributed by atoms with van der Waals surface area (Å²) in [6.07, 6.45) is 1.71. The Balaban J connectivity index is 1.77. The smallest absolute Gasteiger partial charge is 0.265 e. The minimum absolute atomic E-state index is 0.0475. The summed E-state index contributed by atoms with van der Waals surface area (Å²) in [5.41, 5.74) is 2.95. The van der Waals surface area contributed by atoms with Gasteiger partial charge in [0.1, 0.15) is 11.2 Å². The molecule has 0 radical (unpaired) electrons. The summed E-state index contributed by atoms with van der Waals surface area (Å²) in [5, 5.41) is 12.4. The fourth-order valence-electron chi connectivity index (χ4n) is 3.86. The fourth-order valence-corrected chi connectivity index (χ4v) is 3.86. The van der Waals surface area contributed by atoms with Crippen molar-refractivity contribution in [1.29, 1.82) is 5.26 Å². The van der Waals surface area contributed by atoms with E-state index in [4.69, 9.17) is 10.00 Å². The average molecular weight is 444 g/mol. The molecule has 8 heteroatoms. The molecule has 4 rings (SSSR count). The molecule has 2 aromatic heterocycles. The summed E-state index contributed by atoms with van der Waals surface area (Å²) >= 11 is 0. The van der Waals surface area contributed by atoms with E-state index in [1.54, 1.807) is 35.9 Å². The molecule has 0 saturated carbocycles. The van der Waals surface area contributed by atoms with Crippen molar-refractivity contribution in [1.82, 2.24) is 19.8 Å². The molecule has 0 unspecified atom stereocenters. The summed E-state index contributed by atoms with van der Waals surface area (Å²) in [4.78, 5) is 32.8. The van der Waals surface area contributed by atoms with Crippen LogP contribution in [-0.4, -0.2) is 53.2 Å². The highest BCUT2D eigenvalue weighted by Crippen LogP contribution is 2.23. The van der Waals surface area contributed by atoms with Crippen molar-refractivity contribution < 1.29 is 9.53 Å². The van der Waals surface area contributed by atoms with E-state index in [0.29, 0.717) is 48.6 Å². The standard InChI is InChI=1S/C25H25N5O3/c1-17(2)28-24(31)22-14-20-13-21(19-5-3-18(15-26)4-6-19)16-27-23(20)30(25(22)32)8-7-29-9-11-33-12-10-29/h3-6,13-14,16H,1,7-12H2,2H3,(H,28,31). The van der Waals surface area contributed by atoms with Crippen LogP contribution in [0.5, 0.6) is 0 Å². The Bertz CT molecular complexity index is 1300. The maximum Gasteiger partial charge on any atom is 0.265 e. The summed E-state index contributed by atoms with van der Waals surface area (Å²) in [6, 6.07) is 12.8. The highest BCUT2D eigenvalue weighted by molar-refractivity contribution is 5.98. The number of morpholine rings is 1. The Kier molecular flexibility index (Phi) is 6.63. The molecule has 33 heavy (non-hydrogen) atoms. The molecule has 0 spiro atoms. The number of carbonyl (C=O) groups is 1. The van der Waals surface area contributed by atoms with Crippen LogP contribution in [0.3, 0.4) is 0 Å². The van der Waals surface area contributed by atoms with Crippen molar-refractivity contribution in [3.05, 3.63) is 76.4 Å². The number of ether oxygens (including phenoxy) is 1. The Labute approximate surface area is 191 Å². The number of carbonyl (C=O) groups excluding carboxylic acids is 1. The largest absolute Gasteiger partial charge is 0.379 e. The minimum atomic E-state index is -0.488. The molecule has 1 saturated heterocycles. The van der Waals surface area contributed by atoms with Gasteiger partial charge >= 0.3 is 0 Å². The fraction of sp³-hybridized carbons (Fsp3) is 0.280. The van der Waals surface area contributed by atoms with Crippen LogP contribution in [0, 0.1) is 11.3 Å². The van der Waals surface area contributed by atoms with E-state index < -0.39 is 5.91 Å². The first-order valence-electron chi connectivity index (χ1n) is 10.8. The molecule has 0 aliphatic carbocycles. The lowest BCUT2D eigenvalue weighted by Gasteiger charge is -2.27. The van der Waals surface area contributed by atoms with Crippen LogP contribution in [-0.2, 0) is 11.3 Å². The number of nitrogens with zero attached hydrogens (tertiary/aromatic N) is 4. The van der Waals surface area contributed by atoms with Crippen molar-refractivity contribution in [2.75, 3.05) is 32.8 Å². The Morgan fingerprint density at radius 2 is 1.91 bits per heavy atom. The molecule has 3 heterocycles. The van der Waals surface area contributed by atoms with Gasteiger partial charge in [-0.25, -0.2) is 4.98 Å². The normalized spacial score (nSPS) is 14.1. The van der Waals surface area contributed by atoms with Gasteiger partial charge in [-0.2, -0.15) is 5.26 Å². The Hall–Kier alpha value is -3.80. The summed E-state index contributed by atoms with van der Waals surface area (Å²) in [7, 11) is 0. The Morgan fingerprint density at radius 3 is 2.58 bits per heavy atom. The van der Waals surface area contributed by atoms with Crippen molar-refractivity contribution in [3.63, 3.8) is 0 Å². The van der Waals surface area contributed by atoms with E-state index in [1.807, 2.05) is 18.2 Å². The number of amides is 1. The highest BCUT2D eigenvalue weighted by atomic mass is 16.5. The van der Waals surface area contributed by atoms with Gasteiger partial charge in [-0.05, 0) is 36.8 Å². The maximum absolute atomic E-state index is 13.3. The maximum atomic E-state index is 13.3. The summed E-state index contributed by atoms with van der Waals surface area (Å²) in [5.74, 6) is -0.488. The van der Waals surface area contributed by atoms with Crippen LogP contribution in [0.1, 0.15) is 22.8 Å². The third-order valence-electron chi connectivity index (χ3n) is 5.59. The van der Waals surface area contributed by atoms with Crippen LogP contribution in [0.25, 0.3) is 22.2 Å². The molecular formula is C25H25N5O3. The van der Waals surface area contributed by atoms with Crippen LogP contribution in [0.4, 0.5) is 0 Å². The SMILES string of the molecule is C=C(C)NC(=O)c1cc2cc(-c3ccc(C#N)cc3)cnc2n(CCN2CCOCC2)c1=O. The molecule has 168 valence electrons. The van der Waals surface area contributed by atoms with Gasteiger partial charge in [0.2, 0.25) is 0 Å². The first-order chi connectivity index (χ1) is 16.0. The van der Waals surface area contributed by atoms with Gasteiger partial charge in [0.25, 0.3) is 11.5 Å². The van der Waals surface area contributed by atoms with E-state index >= 15 is 0 Å². The van der Waals surface area contributed by atoms with Gasteiger partial charge in [0, 0.05) is 49.0 Å². The molecule has 1 aliphatic rings. The number of fused-ring (bicyclic) bond motifs is 1. The number of rotatable bonds is 6. The van der Waals surface area contributed by atoms with Crippen molar-refractivity contribution in [2.45, 2.75) is 13.5 Å². The number of allylic oxidation sites excluding steroid dienone is 1. The van der Waals surface area contributed by atoms with Crippen LogP contribution >= 0.6 is 0 Å². The molecule has 1 N–H and O–H groups in total. The molecule has 1 fully saturated rings. The van der Waals surface area contributed by atoms with Crippen molar-refractivity contribution in [2.24, 2.45) is 0 Å². The average Bonchev–Trinajstić information content (AvgIpc) is 2.83. The quantitative estimate of drug-likeness (QED) is 0.628. The molecule has 1 aliphatic heterocycles. The molecular weight excluding hydrogens is 418 g/mol. The third kappa shape index (κ3) is 5.00. The Morgan fingerprint density at radius 1 is 1.18 bits per heavy atom.